The van der Waals surface area contributed by atoms with Gasteiger partial charge in [0, 0.05) is 24.9 Å². The largest absolute Gasteiger partial charge is 0.393 e. The lowest BCUT2D eigenvalue weighted by atomic mass is 9.86. The highest BCUT2D eigenvalue weighted by atomic mass is 16.3. The fourth-order valence-corrected chi connectivity index (χ4v) is 4.72. The molecule has 1 amide bonds. The Morgan fingerprint density at radius 1 is 0.950 bits per heavy atom. The molecule has 1 aliphatic heterocycles. The lowest BCUT2D eigenvalue weighted by Crippen LogP contribution is -2.43. The first-order valence-electron chi connectivity index (χ1n) is 8.73. The number of aliphatic hydroxyl groups excluding tert-OH is 1. The van der Waals surface area contributed by atoms with Crippen molar-refractivity contribution in [3.05, 3.63) is 0 Å². The number of hydrogen-bond donors (Lipinski definition) is 1. The average Bonchev–Trinajstić information content (AvgIpc) is 3.07. The Labute approximate surface area is 122 Å². The Balaban J connectivity index is 1.58. The minimum atomic E-state index is -0.164. The first kappa shape index (κ1) is 14.4. The molecule has 1 N–H and O–H groups in total. The van der Waals surface area contributed by atoms with Gasteiger partial charge < -0.3 is 10.0 Å². The monoisotopic (exact) mass is 279 g/mol. The van der Waals surface area contributed by atoms with Crippen LogP contribution in [-0.4, -0.2) is 34.6 Å². The minimum Gasteiger partial charge on any atom is -0.393 e. The smallest absolute Gasteiger partial charge is 0.223 e. The molecule has 1 saturated heterocycles. The van der Waals surface area contributed by atoms with Gasteiger partial charge in [-0.1, -0.05) is 25.7 Å². The van der Waals surface area contributed by atoms with Crippen LogP contribution in [0.15, 0.2) is 0 Å². The van der Waals surface area contributed by atoms with E-state index >= 15 is 0 Å². The van der Waals surface area contributed by atoms with Crippen LogP contribution in [-0.2, 0) is 4.79 Å². The van der Waals surface area contributed by atoms with Crippen molar-refractivity contribution in [2.24, 2.45) is 11.8 Å². The van der Waals surface area contributed by atoms with Gasteiger partial charge >= 0.3 is 0 Å². The number of nitrogens with zero attached hydrogens (tertiary/aromatic N) is 1. The van der Waals surface area contributed by atoms with Gasteiger partial charge in [0.05, 0.1) is 6.10 Å². The van der Waals surface area contributed by atoms with Crippen LogP contribution in [0.2, 0.25) is 0 Å². The highest BCUT2D eigenvalue weighted by Gasteiger charge is 2.40. The molecule has 0 radical (unpaired) electrons. The number of carbonyl (C=O) groups is 1. The fourth-order valence-electron chi connectivity index (χ4n) is 4.72. The van der Waals surface area contributed by atoms with E-state index in [9.17, 15) is 9.90 Å². The maximum atomic E-state index is 12.6. The van der Waals surface area contributed by atoms with Crippen LogP contribution in [0.4, 0.5) is 0 Å². The number of rotatable bonds is 3. The fraction of sp³-hybridized carbons (Fsp3) is 0.941. The molecule has 3 unspecified atom stereocenters. The quantitative estimate of drug-likeness (QED) is 0.862. The summed E-state index contributed by atoms with van der Waals surface area (Å²) in [6.07, 6.45) is 12.5. The molecule has 3 atom stereocenters. The van der Waals surface area contributed by atoms with Crippen molar-refractivity contribution in [1.29, 1.82) is 0 Å². The third kappa shape index (κ3) is 3.03. The van der Waals surface area contributed by atoms with Crippen LogP contribution in [0.25, 0.3) is 0 Å². The van der Waals surface area contributed by atoms with Crippen LogP contribution in [0.5, 0.6) is 0 Å². The second-order valence-electron chi connectivity index (χ2n) is 7.17. The van der Waals surface area contributed by atoms with Gasteiger partial charge in [-0.05, 0) is 44.4 Å². The average molecular weight is 279 g/mol. The van der Waals surface area contributed by atoms with Gasteiger partial charge in [0.15, 0.2) is 0 Å². The van der Waals surface area contributed by atoms with E-state index in [0.29, 0.717) is 23.8 Å². The predicted molar refractivity (Wildman–Crippen MR) is 79.3 cm³/mol. The molecule has 3 aliphatic rings. The van der Waals surface area contributed by atoms with Crippen molar-refractivity contribution in [1.82, 2.24) is 4.90 Å². The van der Waals surface area contributed by atoms with Gasteiger partial charge in [0.25, 0.3) is 0 Å². The molecule has 2 saturated carbocycles. The predicted octanol–water partition coefficient (Wildman–Crippen LogP) is 3.11. The van der Waals surface area contributed by atoms with Gasteiger partial charge in [-0.25, -0.2) is 0 Å². The molecule has 114 valence electrons. The summed E-state index contributed by atoms with van der Waals surface area (Å²) in [5, 5.41) is 10.1. The number of carbonyl (C=O) groups excluding carboxylic acids is 1. The second kappa shape index (κ2) is 6.46. The van der Waals surface area contributed by atoms with Crippen molar-refractivity contribution in [3.8, 4) is 0 Å². The Hall–Kier alpha value is -0.570. The van der Waals surface area contributed by atoms with Crippen molar-refractivity contribution in [2.45, 2.75) is 82.8 Å². The maximum Gasteiger partial charge on any atom is 0.223 e. The number of aliphatic hydroxyl groups is 1. The summed E-state index contributed by atoms with van der Waals surface area (Å²) < 4.78 is 0. The maximum absolute atomic E-state index is 12.6. The summed E-state index contributed by atoms with van der Waals surface area (Å²) in [6, 6.07) is 0.337. The first-order valence-corrected chi connectivity index (χ1v) is 8.73. The zero-order chi connectivity index (χ0) is 13.9. The molecule has 0 aromatic heterocycles. The Kier molecular flexibility index (Phi) is 4.65. The molecule has 0 bridgehead atoms. The lowest BCUT2D eigenvalue weighted by molar-refractivity contribution is -0.134. The molecule has 0 aromatic carbocycles. The van der Waals surface area contributed by atoms with Gasteiger partial charge in [-0.3, -0.25) is 4.79 Å². The van der Waals surface area contributed by atoms with Gasteiger partial charge in [0.1, 0.15) is 0 Å². The zero-order valence-electron chi connectivity index (χ0n) is 12.6. The third-order valence-electron chi connectivity index (χ3n) is 5.83. The minimum absolute atomic E-state index is 0.164. The topological polar surface area (TPSA) is 40.5 Å². The van der Waals surface area contributed by atoms with Gasteiger partial charge in [-0.2, -0.15) is 0 Å². The highest BCUT2D eigenvalue weighted by molar-refractivity contribution is 5.77. The summed E-state index contributed by atoms with van der Waals surface area (Å²) >= 11 is 0. The van der Waals surface area contributed by atoms with E-state index in [0.717, 1.165) is 45.1 Å². The van der Waals surface area contributed by atoms with Gasteiger partial charge in [0.2, 0.25) is 5.91 Å². The zero-order valence-corrected chi connectivity index (χ0v) is 12.6. The first-order chi connectivity index (χ1) is 9.75. The van der Waals surface area contributed by atoms with Crippen LogP contribution < -0.4 is 0 Å². The standard InChI is InChI=1S/C17H29NO2/c19-16-10-4-8-14(16)15-9-5-11-18(15)17(20)12-13-6-2-1-3-7-13/h13-16,19H,1-12H2. The highest BCUT2D eigenvalue weighted by Crippen LogP contribution is 2.37. The molecule has 0 aromatic rings. The van der Waals surface area contributed by atoms with E-state index in [1.54, 1.807) is 0 Å². The molecule has 3 heteroatoms. The Morgan fingerprint density at radius 2 is 1.75 bits per heavy atom. The summed E-state index contributed by atoms with van der Waals surface area (Å²) in [7, 11) is 0. The van der Waals surface area contributed by atoms with Crippen molar-refractivity contribution in [3.63, 3.8) is 0 Å². The summed E-state index contributed by atoms with van der Waals surface area (Å²) in [5.41, 5.74) is 0. The van der Waals surface area contributed by atoms with E-state index in [1.807, 2.05) is 0 Å². The number of likely N-dealkylation sites (tertiary alicyclic amines) is 1. The Bertz CT molecular complexity index is 338. The van der Waals surface area contributed by atoms with Crippen molar-refractivity contribution < 1.29 is 9.90 Å². The SMILES string of the molecule is O=C(CC1CCCCC1)N1CCCC1C1CCCC1O. The van der Waals surface area contributed by atoms with E-state index in [1.165, 1.54) is 32.1 Å². The number of amides is 1. The lowest BCUT2D eigenvalue weighted by Gasteiger charge is -2.33. The van der Waals surface area contributed by atoms with E-state index in [4.69, 9.17) is 0 Å². The van der Waals surface area contributed by atoms with E-state index < -0.39 is 0 Å². The summed E-state index contributed by atoms with van der Waals surface area (Å²) in [5.74, 6) is 1.36. The molecule has 1 heterocycles. The molecule has 3 rings (SSSR count). The van der Waals surface area contributed by atoms with Crippen molar-refractivity contribution in [2.75, 3.05) is 6.54 Å². The molecule has 0 spiro atoms. The molecule has 3 nitrogen and oxygen atoms in total. The van der Waals surface area contributed by atoms with Crippen LogP contribution >= 0.6 is 0 Å². The molecule has 3 fully saturated rings. The Morgan fingerprint density at radius 3 is 2.45 bits per heavy atom. The van der Waals surface area contributed by atoms with E-state index in [2.05, 4.69) is 4.90 Å². The molecular weight excluding hydrogens is 250 g/mol. The summed E-state index contributed by atoms with van der Waals surface area (Å²) in [6.45, 7) is 0.930. The molecular formula is C17H29NO2. The van der Waals surface area contributed by atoms with Gasteiger partial charge in [-0.15, -0.1) is 0 Å². The second-order valence-corrected chi connectivity index (χ2v) is 7.17. The number of hydrogen-bond acceptors (Lipinski definition) is 2. The normalized spacial score (nSPS) is 35.6. The molecule has 20 heavy (non-hydrogen) atoms. The van der Waals surface area contributed by atoms with Crippen molar-refractivity contribution >= 4 is 5.91 Å². The van der Waals surface area contributed by atoms with Crippen LogP contribution in [0, 0.1) is 11.8 Å². The van der Waals surface area contributed by atoms with Crippen LogP contribution in [0.3, 0.4) is 0 Å². The summed E-state index contributed by atoms with van der Waals surface area (Å²) in [4.78, 5) is 14.8. The molecule has 2 aliphatic carbocycles. The van der Waals surface area contributed by atoms with E-state index in [-0.39, 0.29) is 6.10 Å². The third-order valence-corrected chi connectivity index (χ3v) is 5.83. The van der Waals surface area contributed by atoms with Crippen LogP contribution in [0.1, 0.15) is 70.6 Å².